The number of rotatable bonds is 9. The van der Waals surface area contributed by atoms with E-state index < -0.39 is 54.0 Å². The van der Waals surface area contributed by atoms with Crippen molar-refractivity contribution in [1.82, 2.24) is 10.2 Å². The molecule has 5 N–H and O–H groups in total. The van der Waals surface area contributed by atoms with E-state index in [-0.39, 0.29) is 10.2 Å². The van der Waals surface area contributed by atoms with Crippen LogP contribution >= 0.6 is 11.8 Å². The number of quaternary nitrogens is 1. The Morgan fingerprint density at radius 3 is 2.35 bits per heavy atom. The number of aliphatic carboxylic acids is 2. The summed E-state index contributed by atoms with van der Waals surface area (Å²) < 4.78 is 31.6. The van der Waals surface area contributed by atoms with E-state index in [9.17, 15) is 42.6 Å². The average Bonchev–Trinajstić information content (AvgIpc) is 2.70. The number of carbonyl (C=O) groups excluding carboxylic acids is 4. The first-order valence-electron chi connectivity index (χ1n) is 9.38. The minimum Gasteiger partial charge on any atom is -0.542 e. The van der Waals surface area contributed by atoms with Crippen LogP contribution in [-0.2, 0) is 24.0 Å². The molecule has 0 unspecified atom stereocenters. The Morgan fingerprint density at radius 1 is 1.38 bits per heavy atom. The van der Waals surface area contributed by atoms with Gasteiger partial charge in [-0.2, -0.15) is 13.2 Å². The number of allylic oxidation sites excluding steroid dienone is 1. The summed E-state index contributed by atoms with van der Waals surface area (Å²) in [5.74, 6) is -4.97. The highest BCUT2D eigenvalue weighted by molar-refractivity contribution is 8.00. The number of alkyl halides is 3. The number of nitrogens with two attached hydrogens (primary N) is 1. The molecule has 0 spiro atoms. The molecule has 0 aromatic rings. The standard InChI is InChI=1S/C16H22N4O6S.C2HF3O2/c1-20(2,10(6-21)13(17)23)5-3-4-9-7-27-15-11(18-8-22)14(24)19(15)12(9)16(25)26;3-2(4,5)1(6)7/h3-4,8,10-11,15,21H,5-7H2,1-2H3,(H3-,17,18,22,23,25,26);(H,6,7)/b4-3+;/t10-,11-,15-;/m1./s1. The van der Waals surface area contributed by atoms with Gasteiger partial charge >= 0.3 is 12.1 Å². The Bertz CT molecular complexity index is 906. The summed E-state index contributed by atoms with van der Waals surface area (Å²) in [6.45, 7) is -0.0773. The van der Waals surface area contributed by atoms with Crippen molar-refractivity contribution in [3.8, 4) is 0 Å². The maximum Gasteiger partial charge on any atom is 0.430 e. The van der Waals surface area contributed by atoms with E-state index in [4.69, 9.17) is 15.6 Å². The Kier molecular flexibility index (Phi) is 9.65. The van der Waals surface area contributed by atoms with E-state index >= 15 is 0 Å². The number of thioether (sulfide) groups is 1. The number of primary amides is 1. The van der Waals surface area contributed by atoms with Gasteiger partial charge in [0.25, 0.3) is 11.8 Å². The number of likely N-dealkylation sites (N-methyl/N-ethyl adjacent to an activating group) is 1. The van der Waals surface area contributed by atoms with Crippen molar-refractivity contribution in [1.29, 1.82) is 0 Å². The highest BCUT2D eigenvalue weighted by Gasteiger charge is 2.53. The van der Waals surface area contributed by atoms with Crippen LogP contribution in [0.3, 0.4) is 0 Å². The SMILES string of the molecule is C[N+](C)(C/C=C/C1=C(C(=O)O)N2C(=O)[C@@H](NC=O)[C@H]2SC1)[C@H](CO)C(N)=O.O=C([O-])C(F)(F)F. The first-order valence-corrected chi connectivity index (χ1v) is 10.4. The number of β-lactam (4-membered cyclic amide) rings is 1. The number of carbonyl (C=O) groups is 5. The lowest BCUT2D eigenvalue weighted by molar-refractivity contribution is -0.900. The van der Waals surface area contributed by atoms with Gasteiger partial charge < -0.3 is 35.6 Å². The van der Waals surface area contributed by atoms with Gasteiger partial charge in [-0.15, -0.1) is 11.8 Å². The molecular formula is C18H23F3N4O8S. The number of amides is 3. The van der Waals surface area contributed by atoms with Crippen LogP contribution in [0.5, 0.6) is 0 Å². The van der Waals surface area contributed by atoms with Crippen LogP contribution in [-0.4, -0.2) is 106 Å². The van der Waals surface area contributed by atoms with Gasteiger partial charge in [0.2, 0.25) is 6.41 Å². The van der Waals surface area contributed by atoms with Gasteiger partial charge in [0, 0.05) is 5.75 Å². The normalized spacial score (nSPS) is 21.1. The Labute approximate surface area is 195 Å². The fourth-order valence-electron chi connectivity index (χ4n) is 3.11. The molecule has 2 aliphatic rings. The molecular weight excluding hydrogens is 489 g/mol. The Morgan fingerprint density at radius 2 is 1.94 bits per heavy atom. The minimum atomic E-state index is -5.19. The van der Waals surface area contributed by atoms with Crippen LogP contribution in [0.1, 0.15) is 0 Å². The molecule has 2 aliphatic heterocycles. The number of nitrogens with zero attached hydrogens (tertiary/aromatic N) is 2. The predicted molar refractivity (Wildman–Crippen MR) is 108 cm³/mol. The molecule has 0 radical (unpaired) electrons. The molecule has 0 saturated carbocycles. The van der Waals surface area contributed by atoms with Gasteiger partial charge in [-0.25, -0.2) is 4.79 Å². The average molecular weight is 512 g/mol. The van der Waals surface area contributed by atoms with Gasteiger partial charge in [-0.1, -0.05) is 6.08 Å². The number of carboxylic acid groups (broad SMARTS) is 2. The zero-order valence-corrected chi connectivity index (χ0v) is 18.8. The van der Waals surface area contributed by atoms with Crippen molar-refractivity contribution in [3.63, 3.8) is 0 Å². The van der Waals surface area contributed by atoms with Crippen LogP contribution in [0.4, 0.5) is 13.2 Å². The molecule has 0 aromatic heterocycles. The summed E-state index contributed by atoms with van der Waals surface area (Å²) in [5, 5.41) is 29.6. The molecule has 0 bridgehead atoms. The monoisotopic (exact) mass is 512 g/mol. The van der Waals surface area contributed by atoms with Crippen molar-refractivity contribution < 1.29 is 56.9 Å². The van der Waals surface area contributed by atoms with E-state index in [1.165, 1.54) is 16.7 Å². The third-order valence-corrected chi connectivity index (χ3v) is 6.22. The molecule has 12 nitrogen and oxygen atoms in total. The van der Waals surface area contributed by atoms with E-state index in [0.717, 1.165) is 0 Å². The number of aliphatic hydroxyl groups excluding tert-OH is 1. The fraction of sp³-hybridized carbons (Fsp3) is 0.500. The van der Waals surface area contributed by atoms with Crippen molar-refractivity contribution in [2.75, 3.05) is 33.0 Å². The van der Waals surface area contributed by atoms with Crippen LogP contribution in [0.25, 0.3) is 0 Å². The number of carboxylic acids is 2. The van der Waals surface area contributed by atoms with E-state index in [2.05, 4.69) is 5.32 Å². The Balaban J connectivity index is 0.000000718. The number of hydrogen-bond donors (Lipinski definition) is 4. The molecule has 3 atom stereocenters. The van der Waals surface area contributed by atoms with E-state index in [0.29, 0.717) is 24.3 Å². The van der Waals surface area contributed by atoms with Crippen LogP contribution in [0, 0.1) is 0 Å². The van der Waals surface area contributed by atoms with Gasteiger partial charge in [0.05, 0.1) is 20.6 Å². The maximum absolute atomic E-state index is 12.2. The number of nitrogens with one attached hydrogen (secondary N) is 1. The number of fused-ring (bicyclic) bond motifs is 1. The molecule has 1 saturated heterocycles. The van der Waals surface area contributed by atoms with Crippen molar-refractivity contribution in [2.24, 2.45) is 5.73 Å². The highest BCUT2D eigenvalue weighted by atomic mass is 32.2. The van der Waals surface area contributed by atoms with Crippen LogP contribution < -0.4 is 16.2 Å². The molecule has 190 valence electrons. The highest BCUT2D eigenvalue weighted by Crippen LogP contribution is 2.40. The summed E-state index contributed by atoms with van der Waals surface area (Å²) in [5.41, 5.74) is 5.65. The van der Waals surface area contributed by atoms with Gasteiger partial charge in [-0.3, -0.25) is 19.3 Å². The lowest BCUT2D eigenvalue weighted by atomic mass is 10.0. The van der Waals surface area contributed by atoms with Crippen molar-refractivity contribution >= 4 is 41.9 Å². The van der Waals surface area contributed by atoms with Gasteiger partial charge in [0.15, 0.2) is 6.04 Å². The summed E-state index contributed by atoms with van der Waals surface area (Å²) in [6, 6.07) is -1.51. The lowest BCUT2D eigenvalue weighted by Gasteiger charge is -2.48. The summed E-state index contributed by atoms with van der Waals surface area (Å²) in [7, 11) is 3.45. The fourth-order valence-corrected chi connectivity index (χ4v) is 4.44. The van der Waals surface area contributed by atoms with E-state index in [1.54, 1.807) is 26.2 Å². The van der Waals surface area contributed by atoms with Crippen LogP contribution in [0.15, 0.2) is 23.4 Å². The number of halogens is 3. The quantitative estimate of drug-likeness (QED) is 0.143. The lowest BCUT2D eigenvalue weighted by Crippen LogP contribution is -2.69. The third-order valence-electron chi connectivity index (χ3n) is 4.92. The molecule has 34 heavy (non-hydrogen) atoms. The van der Waals surface area contributed by atoms with E-state index in [1.807, 2.05) is 0 Å². The zero-order valence-electron chi connectivity index (χ0n) is 17.9. The smallest absolute Gasteiger partial charge is 0.430 e. The number of aliphatic hydroxyl groups is 1. The summed E-state index contributed by atoms with van der Waals surface area (Å²) >= 11 is 1.36. The molecule has 1 fully saturated rings. The van der Waals surface area contributed by atoms with Crippen LogP contribution in [0.2, 0.25) is 0 Å². The summed E-state index contributed by atoms with van der Waals surface area (Å²) in [4.78, 5) is 55.9. The van der Waals surface area contributed by atoms with Gasteiger partial charge in [-0.05, 0) is 11.6 Å². The Hall–Kier alpha value is -3.11. The number of hydrogen-bond acceptors (Lipinski definition) is 8. The topological polar surface area (TPSA) is 190 Å². The second-order valence-electron chi connectivity index (χ2n) is 7.60. The molecule has 16 heteroatoms. The maximum atomic E-state index is 12.2. The minimum absolute atomic E-state index is 0.0990. The third kappa shape index (κ3) is 6.71. The molecule has 3 amide bonds. The van der Waals surface area contributed by atoms with Crippen molar-refractivity contribution in [2.45, 2.75) is 23.6 Å². The summed E-state index contributed by atoms with van der Waals surface area (Å²) in [6.07, 6.45) is -1.47. The molecule has 0 aliphatic carbocycles. The molecule has 2 heterocycles. The predicted octanol–water partition coefficient (Wildman–Crippen LogP) is -2.87. The first kappa shape index (κ1) is 28.9. The van der Waals surface area contributed by atoms with Crippen molar-refractivity contribution in [3.05, 3.63) is 23.4 Å². The zero-order chi connectivity index (χ0) is 26.4. The largest absolute Gasteiger partial charge is 0.542 e. The second-order valence-corrected chi connectivity index (χ2v) is 8.71. The molecule has 2 rings (SSSR count). The first-order chi connectivity index (χ1) is 15.6. The van der Waals surface area contributed by atoms with Gasteiger partial charge in [0.1, 0.15) is 29.7 Å². The second kappa shape index (κ2) is 11.3. The molecule has 0 aromatic carbocycles.